The van der Waals surface area contributed by atoms with Crippen molar-refractivity contribution in [1.82, 2.24) is 10.3 Å². The molecule has 23 heavy (non-hydrogen) atoms. The highest BCUT2D eigenvalue weighted by molar-refractivity contribution is 5.89. The second-order valence-electron chi connectivity index (χ2n) is 6.20. The molecule has 0 amide bonds. The molecule has 0 radical (unpaired) electrons. The van der Waals surface area contributed by atoms with Gasteiger partial charge in [0.1, 0.15) is 0 Å². The maximum absolute atomic E-state index is 6.10. The van der Waals surface area contributed by atoms with E-state index in [0.29, 0.717) is 5.92 Å². The summed E-state index contributed by atoms with van der Waals surface area (Å²) >= 11 is 0. The topological polar surface area (TPSA) is 37.4 Å². The Labute approximate surface area is 138 Å². The summed E-state index contributed by atoms with van der Waals surface area (Å²) in [5.41, 5.74) is 1.24. The molecule has 1 aliphatic rings. The van der Waals surface area contributed by atoms with Crippen molar-refractivity contribution in [2.75, 3.05) is 37.7 Å². The molecule has 2 aromatic rings. The van der Waals surface area contributed by atoms with Crippen LogP contribution in [0.4, 0.5) is 5.69 Å². The van der Waals surface area contributed by atoms with Gasteiger partial charge in [-0.25, -0.2) is 4.98 Å². The Balaban J connectivity index is 1.82. The first kappa shape index (κ1) is 16.1. The lowest BCUT2D eigenvalue weighted by atomic mass is 9.99. The second-order valence-corrected chi connectivity index (χ2v) is 6.20. The molecule has 1 aromatic carbocycles. The van der Waals surface area contributed by atoms with Crippen molar-refractivity contribution in [3.63, 3.8) is 0 Å². The molecule has 4 nitrogen and oxygen atoms in total. The lowest BCUT2D eigenvalue weighted by molar-refractivity contribution is 0.211. The van der Waals surface area contributed by atoms with E-state index in [4.69, 9.17) is 4.74 Å². The van der Waals surface area contributed by atoms with Crippen LogP contribution in [0.1, 0.15) is 26.7 Å². The number of hydrogen-bond donors (Lipinski definition) is 1. The molecule has 0 atom stereocenters. The summed E-state index contributed by atoms with van der Waals surface area (Å²) in [6.07, 6.45) is 4.22. The van der Waals surface area contributed by atoms with Crippen molar-refractivity contribution in [1.29, 1.82) is 0 Å². The van der Waals surface area contributed by atoms with Gasteiger partial charge in [0.05, 0.1) is 6.61 Å². The Morgan fingerprint density at radius 2 is 1.96 bits per heavy atom. The van der Waals surface area contributed by atoms with Gasteiger partial charge in [0.15, 0.2) is 0 Å². The van der Waals surface area contributed by atoms with E-state index in [1.165, 1.54) is 23.9 Å². The van der Waals surface area contributed by atoms with Gasteiger partial charge in [0, 0.05) is 30.4 Å². The third-order valence-corrected chi connectivity index (χ3v) is 4.76. The minimum Gasteiger partial charge on any atom is -0.477 e. The molecular weight excluding hydrogens is 286 g/mol. The fourth-order valence-electron chi connectivity index (χ4n) is 3.28. The number of nitrogens with zero attached hydrogens (tertiary/aromatic N) is 2. The molecule has 3 rings (SSSR count). The molecule has 2 heterocycles. The Bertz CT molecular complexity index is 634. The molecule has 1 aliphatic heterocycles. The van der Waals surface area contributed by atoms with Crippen molar-refractivity contribution >= 4 is 16.5 Å². The molecule has 4 heteroatoms. The van der Waals surface area contributed by atoms with E-state index in [9.17, 15) is 0 Å². The first-order chi connectivity index (χ1) is 11.3. The maximum Gasteiger partial charge on any atom is 0.221 e. The Morgan fingerprint density at radius 1 is 1.17 bits per heavy atom. The maximum atomic E-state index is 6.10. The number of anilines is 1. The highest BCUT2D eigenvalue weighted by Crippen LogP contribution is 2.28. The zero-order valence-electron chi connectivity index (χ0n) is 14.2. The van der Waals surface area contributed by atoms with Gasteiger partial charge in [-0.05, 0) is 69.3 Å². The Hall–Kier alpha value is -1.81. The van der Waals surface area contributed by atoms with Crippen LogP contribution < -0.4 is 15.0 Å². The van der Waals surface area contributed by atoms with E-state index < -0.39 is 0 Å². The first-order valence-corrected chi connectivity index (χ1v) is 8.79. The van der Waals surface area contributed by atoms with Gasteiger partial charge in [-0.1, -0.05) is 6.07 Å². The fraction of sp³-hybridized carbons (Fsp3) is 0.526. The molecule has 124 valence electrons. The van der Waals surface area contributed by atoms with Gasteiger partial charge in [-0.2, -0.15) is 0 Å². The molecule has 0 saturated carbocycles. The van der Waals surface area contributed by atoms with Crippen LogP contribution >= 0.6 is 0 Å². The zero-order valence-corrected chi connectivity index (χ0v) is 14.2. The van der Waals surface area contributed by atoms with Gasteiger partial charge in [-0.15, -0.1) is 0 Å². The van der Waals surface area contributed by atoms with Crippen molar-refractivity contribution < 1.29 is 4.74 Å². The summed E-state index contributed by atoms with van der Waals surface area (Å²) in [4.78, 5) is 6.84. The Kier molecular flexibility index (Phi) is 5.34. The number of aromatic nitrogens is 1. The van der Waals surface area contributed by atoms with E-state index in [1.54, 1.807) is 0 Å². The summed E-state index contributed by atoms with van der Waals surface area (Å²) in [6, 6.07) is 8.62. The van der Waals surface area contributed by atoms with Crippen LogP contribution in [0.5, 0.6) is 5.88 Å². The summed E-state index contributed by atoms with van der Waals surface area (Å²) in [6.45, 7) is 9.35. The average molecular weight is 313 g/mol. The lowest BCUT2D eigenvalue weighted by Crippen LogP contribution is -2.30. The molecule has 0 unspecified atom stereocenters. The predicted octanol–water partition coefficient (Wildman–Crippen LogP) is 3.46. The highest BCUT2D eigenvalue weighted by atomic mass is 16.5. The standard InChI is InChI=1S/C19H27N3O/c1-3-22(4-2)17-6-5-16-9-12-21-19(18(16)13-17)23-14-15-7-10-20-11-8-15/h5-6,9,12-13,15,20H,3-4,7-8,10-11,14H2,1-2H3. The number of nitrogens with one attached hydrogen (secondary N) is 1. The lowest BCUT2D eigenvalue weighted by Gasteiger charge is -2.23. The van der Waals surface area contributed by atoms with Crippen LogP contribution in [0, 0.1) is 5.92 Å². The number of piperidine rings is 1. The molecule has 1 aromatic heterocycles. The zero-order chi connectivity index (χ0) is 16.1. The SMILES string of the molecule is CCN(CC)c1ccc2ccnc(OCC3CCNCC3)c2c1. The predicted molar refractivity (Wildman–Crippen MR) is 96.4 cm³/mol. The number of ether oxygens (including phenoxy) is 1. The van der Waals surface area contributed by atoms with Crippen LogP contribution in [0.2, 0.25) is 0 Å². The van der Waals surface area contributed by atoms with Gasteiger partial charge in [-0.3, -0.25) is 0 Å². The van der Waals surface area contributed by atoms with Crippen molar-refractivity contribution in [3.8, 4) is 5.88 Å². The summed E-state index contributed by atoms with van der Waals surface area (Å²) < 4.78 is 6.10. The molecule has 1 fully saturated rings. The number of fused-ring (bicyclic) bond motifs is 1. The Morgan fingerprint density at radius 3 is 2.70 bits per heavy atom. The summed E-state index contributed by atoms with van der Waals surface area (Å²) in [5.74, 6) is 1.41. The van der Waals surface area contributed by atoms with Crippen molar-refractivity contribution in [2.45, 2.75) is 26.7 Å². The van der Waals surface area contributed by atoms with Crippen LogP contribution in [0.25, 0.3) is 10.8 Å². The molecule has 1 N–H and O–H groups in total. The van der Waals surface area contributed by atoms with Crippen molar-refractivity contribution in [2.24, 2.45) is 5.92 Å². The van der Waals surface area contributed by atoms with E-state index >= 15 is 0 Å². The van der Waals surface area contributed by atoms with Gasteiger partial charge < -0.3 is 15.0 Å². The van der Waals surface area contributed by atoms with Gasteiger partial charge in [0.25, 0.3) is 0 Å². The fourth-order valence-corrected chi connectivity index (χ4v) is 3.28. The first-order valence-electron chi connectivity index (χ1n) is 8.79. The molecular formula is C19H27N3O. The number of pyridine rings is 1. The summed E-state index contributed by atoms with van der Waals surface area (Å²) in [7, 11) is 0. The van der Waals surface area contributed by atoms with Crippen LogP contribution in [-0.2, 0) is 0 Å². The normalized spacial score (nSPS) is 15.7. The van der Waals surface area contributed by atoms with Gasteiger partial charge in [0.2, 0.25) is 5.88 Å². The third-order valence-electron chi connectivity index (χ3n) is 4.76. The van der Waals surface area contributed by atoms with Crippen LogP contribution in [0.3, 0.4) is 0 Å². The van der Waals surface area contributed by atoms with E-state index in [0.717, 1.165) is 44.1 Å². The largest absolute Gasteiger partial charge is 0.477 e. The molecule has 0 aliphatic carbocycles. The summed E-state index contributed by atoms with van der Waals surface area (Å²) in [5, 5.41) is 5.71. The third kappa shape index (κ3) is 3.75. The number of rotatable bonds is 6. The van der Waals surface area contributed by atoms with E-state index in [-0.39, 0.29) is 0 Å². The average Bonchev–Trinajstić information content (AvgIpc) is 2.62. The van der Waals surface area contributed by atoms with Crippen LogP contribution in [-0.4, -0.2) is 37.8 Å². The monoisotopic (exact) mass is 313 g/mol. The molecule has 0 bridgehead atoms. The molecule has 0 spiro atoms. The van der Waals surface area contributed by atoms with Crippen LogP contribution in [0.15, 0.2) is 30.5 Å². The second kappa shape index (κ2) is 7.64. The number of hydrogen-bond acceptors (Lipinski definition) is 4. The van der Waals surface area contributed by atoms with Crippen molar-refractivity contribution in [3.05, 3.63) is 30.5 Å². The van der Waals surface area contributed by atoms with E-state index in [2.05, 4.69) is 53.3 Å². The highest BCUT2D eigenvalue weighted by Gasteiger charge is 2.15. The number of benzene rings is 1. The minimum atomic E-state index is 0.638. The minimum absolute atomic E-state index is 0.638. The molecule has 1 saturated heterocycles. The quantitative estimate of drug-likeness (QED) is 0.886. The van der Waals surface area contributed by atoms with E-state index in [1.807, 2.05) is 6.20 Å². The van der Waals surface area contributed by atoms with Gasteiger partial charge >= 0.3 is 0 Å². The smallest absolute Gasteiger partial charge is 0.221 e.